The molecule has 0 saturated carbocycles. The van der Waals surface area contributed by atoms with Crippen LogP contribution >= 0.6 is 0 Å². The molecule has 106 valence electrons. The van der Waals surface area contributed by atoms with E-state index in [1.54, 1.807) is 0 Å². The van der Waals surface area contributed by atoms with Crippen LogP contribution in [0.3, 0.4) is 0 Å². The van der Waals surface area contributed by atoms with E-state index in [0.29, 0.717) is 17.4 Å². The van der Waals surface area contributed by atoms with E-state index in [2.05, 4.69) is 31.0 Å². The lowest BCUT2D eigenvalue weighted by atomic mass is 10.0. The lowest BCUT2D eigenvalue weighted by Gasteiger charge is -2.14. The van der Waals surface area contributed by atoms with Crippen LogP contribution in [0.15, 0.2) is 30.3 Å². The van der Waals surface area contributed by atoms with Crippen molar-refractivity contribution < 1.29 is 4.74 Å². The Balaban J connectivity index is 2.01. The van der Waals surface area contributed by atoms with Gasteiger partial charge < -0.3 is 4.74 Å². The predicted molar refractivity (Wildman–Crippen MR) is 81.6 cm³/mol. The molecule has 3 rings (SSSR count). The molecule has 0 N–H and O–H groups in total. The number of rotatable bonds is 3. The summed E-state index contributed by atoms with van der Waals surface area (Å²) in [5.74, 6) is 1.59. The highest BCUT2D eigenvalue weighted by Crippen LogP contribution is 2.33. The number of nitrogens with zero attached hydrogens (tertiary/aromatic N) is 2. The van der Waals surface area contributed by atoms with Crippen LogP contribution < -0.4 is 4.74 Å². The first-order chi connectivity index (χ1) is 10.2. The number of fused-ring (bicyclic) bond motifs is 1. The molecule has 1 aromatic heterocycles. The third-order valence-electron chi connectivity index (χ3n) is 3.88. The van der Waals surface area contributed by atoms with Crippen molar-refractivity contribution in [2.24, 2.45) is 0 Å². The number of benzene rings is 1. The van der Waals surface area contributed by atoms with Gasteiger partial charge in [0.15, 0.2) is 0 Å². The van der Waals surface area contributed by atoms with E-state index in [9.17, 15) is 5.26 Å². The minimum atomic E-state index is 0.362. The van der Waals surface area contributed by atoms with Gasteiger partial charge in [-0.1, -0.05) is 32.0 Å². The molecule has 0 radical (unpaired) electrons. The summed E-state index contributed by atoms with van der Waals surface area (Å²) in [6, 6.07) is 12.1. The first-order valence-electron chi connectivity index (χ1n) is 7.38. The van der Waals surface area contributed by atoms with Gasteiger partial charge in [-0.2, -0.15) is 5.26 Å². The molecule has 3 heteroatoms. The van der Waals surface area contributed by atoms with E-state index >= 15 is 0 Å². The van der Waals surface area contributed by atoms with E-state index in [0.717, 1.165) is 36.3 Å². The normalized spacial score (nSPS) is 13.0. The van der Waals surface area contributed by atoms with E-state index in [4.69, 9.17) is 4.74 Å². The van der Waals surface area contributed by atoms with Gasteiger partial charge in [0.05, 0.1) is 0 Å². The van der Waals surface area contributed by atoms with Crippen molar-refractivity contribution in [3.63, 3.8) is 0 Å². The summed E-state index contributed by atoms with van der Waals surface area (Å²) < 4.78 is 5.98. The molecule has 1 aliphatic carbocycles. The Hall–Kier alpha value is -2.34. The number of pyridine rings is 1. The van der Waals surface area contributed by atoms with Crippen molar-refractivity contribution >= 4 is 0 Å². The third kappa shape index (κ3) is 2.62. The van der Waals surface area contributed by atoms with Crippen LogP contribution in [-0.2, 0) is 12.8 Å². The van der Waals surface area contributed by atoms with Crippen molar-refractivity contribution in [1.29, 1.82) is 5.26 Å². The van der Waals surface area contributed by atoms with Crippen LogP contribution in [0, 0.1) is 11.3 Å². The largest absolute Gasteiger partial charge is 0.437 e. The molecule has 1 aliphatic rings. The van der Waals surface area contributed by atoms with Crippen LogP contribution in [0.25, 0.3) is 0 Å². The van der Waals surface area contributed by atoms with Crippen LogP contribution in [0.4, 0.5) is 0 Å². The summed E-state index contributed by atoms with van der Waals surface area (Å²) in [5.41, 5.74) is 3.92. The average molecular weight is 278 g/mol. The average Bonchev–Trinajstić information content (AvgIpc) is 2.94. The molecule has 0 aliphatic heterocycles. The van der Waals surface area contributed by atoms with Gasteiger partial charge in [-0.15, -0.1) is 0 Å². The SMILES string of the molecule is CC(C)c1ccccc1Oc1nc2c(cc1C#N)CCC2. The lowest BCUT2D eigenvalue weighted by Crippen LogP contribution is -1.99. The van der Waals surface area contributed by atoms with Crippen LogP contribution in [0.2, 0.25) is 0 Å². The minimum absolute atomic E-state index is 0.362. The van der Waals surface area contributed by atoms with E-state index in [1.165, 1.54) is 5.56 Å². The monoisotopic (exact) mass is 278 g/mol. The summed E-state index contributed by atoms with van der Waals surface area (Å²) in [6.07, 6.45) is 3.10. The number of aromatic nitrogens is 1. The molecule has 0 fully saturated rings. The standard InChI is InChI=1S/C18H18N2O/c1-12(2)15-7-3-4-9-17(15)21-18-14(11-19)10-13-6-5-8-16(13)20-18/h3-4,7,9-10,12H,5-6,8H2,1-2H3. The van der Waals surface area contributed by atoms with Crippen molar-refractivity contribution in [2.45, 2.75) is 39.0 Å². The van der Waals surface area contributed by atoms with Crippen molar-refractivity contribution in [2.75, 3.05) is 0 Å². The smallest absolute Gasteiger partial charge is 0.237 e. The van der Waals surface area contributed by atoms with Crippen LogP contribution in [0.1, 0.15) is 48.6 Å². The Bertz CT molecular complexity index is 714. The zero-order valence-electron chi connectivity index (χ0n) is 12.4. The van der Waals surface area contributed by atoms with Gasteiger partial charge >= 0.3 is 0 Å². The Morgan fingerprint density at radius 3 is 2.81 bits per heavy atom. The fourth-order valence-corrected chi connectivity index (χ4v) is 2.77. The molecule has 3 nitrogen and oxygen atoms in total. The number of nitriles is 1. The van der Waals surface area contributed by atoms with Gasteiger partial charge in [-0.25, -0.2) is 4.98 Å². The zero-order chi connectivity index (χ0) is 14.8. The molecule has 1 aromatic carbocycles. The molecule has 0 atom stereocenters. The number of ether oxygens (including phenoxy) is 1. The second-order valence-corrected chi connectivity index (χ2v) is 5.71. The lowest BCUT2D eigenvalue weighted by molar-refractivity contribution is 0.451. The van der Waals surface area contributed by atoms with E-state index < -0.39 is 0 Å². The predicted octanol–water partition coefficient (Wildman–Crippen LogP) is 4.36. The van der Waals surface area contributed by atoms with Crippen molar-refractivity contribution in [3.05, 3.63) is 52.7 Å². The van der Waals surface area contributed by atoms with Gasteiger partial charge in [-0.3, -0.25) is 0 Å². The van der Waals surface area contributed by atoms with Gasteiger partial charge in [0.25, 0.3) is 0 Å². The highest BCUT2D eigenvalue weighted by molar-refractivity contribution is 5.47. The van der Waals surface area contributed by atoms with Gasteiger partial charge in [0, 0.05) is 5.69 Å². The van der Waals surface area contributed by atoms with E-state index in [1.807, 2.05) is 24.3 Å². The Morgan fingerprint density at radius 2 is 2.05 bits per heavy atom. The topological polar surface area (TPSA) is 45.9 Å². The Morgan fingerprint density at radius 1 is 1.24 bits per heavy atom. The summed E-state index contributed by atoms with van der Waals surface area (Å²) in [4.78, 5) is 4.58. The molecule has 0 amide bonds. The fourth-order valence-electron chi connectivity index (χ4n) is 2.77. The summed E-state index contributed by atoms with van der Waals surface area (Å²) >= 11 is 0. The first-order valence-corrected chi connectivity index (χ1v) is 7.38. The number of hydrogen-bond acceptors (Lipinski definition) is 3. The number of para-hydroxylation sites is 1. The second-order valence-electron chi connectivity index (χ2n) is 5.71. The number of aryl methyl sites for hydroxylation is 2. The second kappa shape index (κ2) is 5.57. The molecule has 21 heavy (non-hydrogen) atoms. The maximum Gasteiger partial charge on any atom is 0.237 e. The molecule has 0 spiro atoms. The Kier molecular flexibility index (Phi) is 3.62. The molecule has 0 unspecified atom stereocenters. The van der Waals surface area contributed by atoms with Gasteiger partial charge in [0.1, 0.15) is 17.4 Å². The maximum absolute atomic E-state index is 9.34. The highest BCUT2D eigenvalue weighted by atomic mass is 16.5. The molecule has 0 bridgehead atoms. The zero-order valence-corrected chi connectivity index (χ0v) is 12.4. The third-order valence-corrected chi connectivity index (χ3v) is 3.88. The first kappa shape index (κ1) is 13.6. The molecular weight excluding hydrogens is 260 g/mol. The Labute approximate surface area is 125 Å². The number of hydrogen-bond donors (Lipinski definition) is 0. The molecular formula is C18H18N2O. The van der Waals surface area contributed by atoms with Crippen LogP contribution in [0.5, 0.6) is 11.6 Å². The quantitative estimate of drug-likeness (QED) is 0.838. The summed E-state index contributed by atoms with van der Waals surface area (Å²) in [6.45, 7) is 4.26. The molecule has 1 heterocycles. The van der Waals surface area contributed by atoms with Crippen molar-refractivity contribution in [1.82, 2.24) is 4.98 Å². The highest BCUT2D eigenvalue weighted by Gasteiger charge is 2.18. The van der Waals surface area contributed by atoms with E-state index in [-0.39, 0.29) is 0 Å². The summed E-state index contributed by atoms with van der Waals surface area (Å²) in [7, 11) is 0. The van der Waals surface area contributed by atoms with Crippen LogP contribution in [-0.4, -0.2) is 4.98 Å². The van der Waals surface area contributed by atoms with Crippen molar-refractivity contribution in [3.8, 4) is 17.7 Å². The fraction of sp³-hybridized carbons (Fsp3) is 0.333. The minimum Gasteiger partial charge on any atom is -0.437 e. The maximum atomic E-state index is 9.34. The van der Waals surface area contributed by atoms with Gasteiger partial charge in [-0.05, 0) is 48.4 Å². The summed E-state index contributed by atoms with van der Waals surface area (Å²) in [5, 5.41) is 9.34. The molecule has 0 saturated heterocycles. The molecule has 2 aromatic rings. The van der Waals surface area contributed by atoms with Gasteiger partial charge in [0.2, 0.25) is 5.88 Å².